The Kier molecular flexibility index (Phi) is 5.17. The standard InChI is InChI=1S/C20H24FNO2/c1-13(20(23)15-3-7-17(21)8-4-15)22-18-9-5-14-6-10-19(24-2)12-16(14)11-18/h3-4,6-8,10,12-13,18,20,22-23H,5,9,11H2,1-2H3. The monoisotopic (exact) mass is 329 g/mol. The summed E-state index contributed by atoms with van der Waals surface area (Å²) in [7, 11) is 1.68. The molecule has 0 spiro atoms. The first kappa shape index (κ1) is 16.9. The molecule has 1 aliphatic rings. The van der Waals surface area contributed by atoms with Crippen LogP contribution >= 0.6 is 0 Å². The third-order valence-electron chi connectivity index (χ3n) is 4.83. The van der Waals surface area contributed by atoms with Crippen molar-refractivity contribution in [3.63, 3.8) is 0 Å². The van der Waals surface area contributed by atoms with Crippen molar-refractivity contribution in [3.8, 4) is 5.75 Å². The summed E-state index contributed by atoms with van der Waals surface area (Å²) < 4.78 is 18.3. The lowest BCUT2D eigenvalue weighted by Crippen LogP contribution is -2.43. The number of rotatable bonds is 5. The Morgan fingerprint density at radius 1 is 1.17 bits per heavy atom. The fourth-order valence-corrected chi connectivity index (χ4v) is 3.41. The van der Waals surface area contributed by atoms with Gasteiger partial charge in [-0.05, 0) is 67.1 Å². The van der Waals surface area contributed by atoms with Gasteiger partial charge in [0.1, 0.15) is 11.6 Å². The van der Waals surface area contributed by atoms with Crippen LogP contribution in [0.3, 0.4) is 0 Å². The van der Waals surface area contributed by atoms with Gasteiger partial charge in [0, 0.05) is 12.1 Å². The third kappa shape index (κ3) is 3.77. The molecule has 3 unspecified atom stereocenters. The minimum absolute atomic E-state index is 0.104. The van der Waals surface area contributed by atoms with Gasteiger partial charge in [-0.25, -0.2) is 4.39 Å². The van der Waals surface area contributed by atoms with Crippen LogP contribution in [-0.4, -0.2) is 24.3 Å². The van der Waals surface area contributed by atoms with Gasteiger partial charge >= 0.3 is 0 Å². The highest BCUT2D eigenvalue weighted by Gasteiger charge is 2.24. The first-order valence-corrected chi connectivity index (χ1v) is 8.42. The van der Waals surface area contributed by atoms with Gasteiger partial charge in [-0.2, -0.15) is 0 Å². The maximum Gasteiger partial charge on any atom is 0.123 e. The Morgan fingerprint density at radius 3 is 2.62 bits per heavy atom. The molecule has 4 heteroatoms. The molecule has 128 valence electrons. The van der Waals surface area contributed by atoms with Crippen LogP contribution in [0.25, 0.3) is 0 Å². The van der Waals surface area contributed by atoms with Crippen LogP contribution in [0.2, 0.25) is 0 Å². The van der Waals surface area contributed by atoms with E-state index in [4.69, 9.17) is 4.74 Å². The molecular weight excluding hydrogens is 305 g/mol. The average molecular weight is 329 g/mol. The largest absolute Gasteiger partial charge is 0.497 e. The van der Waals surface area contributed by atoms with Crippen molar-refractivity contribution in [2.75, 3.05) is 7.11 Å². The lowest BCUT2D eigenvalue weighted by atomic mass is 9.87. The topological polar surface area (TPSA) is 41.5 Å². The zero-order chi connectivity index (χ0) is 17.1. The van der Waals surface area contributed by atoms with Crippen LogP contribution in [0.4, 0.5) is 4.39 Å². The molecule has 2 aromatic rings. The number of ether oxygens (including phenoxy) is 1. The Balaban J connectivity index is 1.64. The smallest absolute Gasteiger partial charge is 0.123 e. The highest BCUT2D eigenvalue weighted by Crippen LogP contribution is 2.27. The SMILES string of the molecule is COc1ccc2c(c1)CC(NC(C)C(O)c1ccc(F)cc1)CC2. The number of nitrogens with one attached hydrogen (secondary N) is 1. The second-order valence-electron chi connectivity index (χ2n) is 6.53. The molecule has 2 aromatic carbocycles. The molecule has 0 aliphatic heterocycles. The number of hydrogen-bond donors (Lipinski definition) is 2. The lowest BCUT2D eigenvalue weighted by Gasteiger charge is -2.30. The highest BCUT2D eigenvalue weighted by atomic mass is 19.1. The number of hydrogen-bond acceptors (Lipinski definition) is 3. The second-order valence-corrected chi connectivity index (χ2v) is 6.53. The minimum Gasteiger partial charge on any atom is -0.497 e. The second kappa shape index (κ2) is 7.32. The molecule has 3 atom stereocenters. The van der Waals surface area contributed by atoms with Gasteiger partial charge in [0.2, 0.25) is 0 Å². The first-order valence-electron chi connectivity index (χ1n) is 8.42. The Hall–Kier alpha value is -1.91. The number of benzene rings is 2. The van der Waals surface area contributed by atoms with Crippen molar-refractivity contribution in [1.82, 2.24) is 5.32 Å². The molecule has 0 radical (unpaired) electrons. The number of aryl methyl sites for hydroxylation is 1. The van der Waals surface area contributed by atoms with Crippen LogP contribution in [0.15, 0.2) is 42.5 Å². The molecule has 3 rings (SSSR count). The van der Waals surface area contributed by atoms with Crippen molar-refractivity contribution in [3.05, 3.63) is 65.0 Å². The quantitative estimate of drug-likeness (QED) is 0.883. The Morgan fingerprint density at radius 2 is 1.92 bits per heavy atom. The van der Waals surface area contributed by atoms with E-state index in [9.17, 15) is 9.50 Å². The Bertz CT molecular complexity index is 687. The summed E-state index contributed by atoms with van der Waals surface area (Å²) in [6.45, 7) is 1.97. The molecule has 0 bridgehead atoms. The molecule has 0 saturated heterocycles. The molecule has 24 heavy (non-hydrogen) atoms. The molecule has 2 N–H and O–H groups in total. The van der Waals surface area contributed by atoms with E-state index in [-0.39, 0.29) is 11.9 Å². The molecule has 0 saturated carbocycles. The Labute approximate surface area is 142 Å². The van der Waals surface area contributed by atoms with Crippen LogP contribution in [-0.2, 0) is 12.8 Å². The predicted octanol–water partition coefficient (Wildman–Crippen LogP) is 3.40. The summed E-state index contributed by atoms with van der Waals surface area (Å²) in [5, 5.41) is 14.0. The molecule has 0 amide bonds. The number of fused-ring (bicyclic) bond motifs is 1. The lowest BCUT2D eigenvalue weighted by molar-refractivity contribution is 0.127. The van der Waals surface area contributed by atoms with Gasteiger partial charge in [0.25, 0.3) is 0 Å². The maximum absolute atomic E-state index is 13.0. The summed E-state index contributed by atoms with van der Waals surface area (Å²) in [4.78, 5) is 0. The van der Waals surface area contributed by atoms with E-state index in [0.717, 1.165) is 30.6 Å². The van der Waals surface area contributed by atoms with Crippen molar-refractivity contribution >= 4 is 0 Å². The number of halogens is 1. The van der Waals surface area contributed by atoms with E-state index in [0.29, 0.717) is 6.04 Å². The maximum atomic E-state index is 13.0. The van der Waals surface area contributed by atoms with Crippen LogP contribution in [0, 0.1) is 5.82 Å². The summed E-state index contributed by atoms with van der Waals surface area (Å²) >= 11 is 0. The van der Waals surface area contributed by atoms with Gasteiger partial charge in [0.15, 0.2) is 0 Å². The molecule has 0 heterocycles. The third-order valence-corrected chi connectivity index (χ3v) is 4.83. The van der Waals surface area contributed by atoms with E-state index < -0.39 is 6.10 Å². The van der Waals surface area contributed by atoms with Gasteiger partial charge in [-0.15, -0.1) is 0 Å². The number of methoxy groups -OCH3 is 1. The van der Waals surface area contributed by atoms with Crippen LogP contribution in [0.1, 0.15) is 36.1 Å². The number of aliphatic hydroxyl groups is 1. The fraction of sp³-hybridized carbons (Fsp3) is 0.400. The fourth-order valence-electron chi connectivity index (χ4n) is 3.41. The van der Waals surface area contributed by atoms with E-state index in [1.165, 1.54) is 23.3 Å². The van der Waals surface area contributed by atoms with Crippen LogP contribution < -0.4 is 10.1 Å². The van der Waals surface area contributed by atoms with Gasteiger partial charge in [-0.1, -0.05) is 18.2 Å². The molecule has 3 nitrogen and oxygen atoms in total. The summed E-state index contributed by atoms with van der Waals surface area (Å²) in [6.07, 6.45) is 2.33. The molecule has 0 aromatic heterocycles. The van der Waals surface area contributed by atoms with Crippen molar-refractivity contribution in [2.45, 2.75) is 44.4 Å². The summed E-state index contributed by atoms with van der Waals surface area (Å²) in [5.41, 5.74) is 3.41. The molecular formula is C20H24FNO2. The molecule has 1 aliphatic carbocycles. The van der Waals surface area contributed by atoms with E-state index in [1.54, 1.807) is 19.2 Å². The van der Waals surface area contributed by atoms with Gasteiger partial charge in [0.05, 0.1) is 13.2 Å². The molecule has 0 fully saturated rings. The van der Waals surface area contributed by atoms with Gasteiger partial charge in [-0.3, -0.25) is 0 Å². The summed E-state index contributed by atoms with van der Waals surface area (Å²) in [6, 6.07) is 12.5. The zero-order valence-electron chi connectivity index (χ0n) is 14.1. The van der Waals surface area contributed by atoms with Crippen molar-refractivity contribution in [2.24, 2.45) is 0 Å². The minimum atomic E-state index is -0.655. The van der Waals surface area contributed by atoms with Gasteiger partial charge < -0.3 is 15.2 Å². The van der Waals surface area contributed by atoms with E-state index in [1.807, 2.05) is 13.0 Å². The summed E-state index contributed by atoms with van der Waals surface area (Å²) in [5.74, 6) is 0.596. The van der Waals surface area contributed by atoms with E-state index in [2.05, 4.69) is 17.4 Å². The predicted molar refractivity (Wildman–Crippen MR) is 92.8 cm³/mol. The van der Waals surface area contributed by atoms with E-state index >= 15 is 0 Å². The van der Waals surface area contributed by atoms with Crippen molar-refractivity contribution in [1.29, 1.82) is 0 Å². The average Bonchev–Trinajstić information content (AvgIpc) is 2.61. The highest BCUT2D eigenvalue weighted by molar-refractivity contribution is 5.38. The van der Waals surface area contributed by atoms with Crippen molar-refractivity contribution < 1.29 is 14.2 Å². The first-order chi connectivity index (χ1) is 11.6. The number of aliphatic hydroxyl groups excluding tert-OH is 1. The zero-order valence-corrected chi connectivity index (χ0v) is 14.1. The van der Waals surface area contributed by atoms with Crippen LogP contribution in [0.5, 0.6) is 5.75 Å². The normalized spacial score (nSPS) is 19.4.